The zero-order valence-electron chi connectivity index (χ0n) is 5.76. The van der Waals surface area contributed by atoms with Crippen LogP contribution in [0.15, 0.2) is 11.6 Å². The molecule has 1 aliphatic carbocycles. The van der Waals surface area contributed by atoms with Crippen LogP contribution in [0.25, 0.3) is 0 Å². The summed E-state index contributed by atoms with van der Waals surface area (Å²) in [6.45, 7) is 0. The second kappa shape index (κ2) is 3.17. The molecule has 0 heterocycles. The Hall–Kier alpha value is -1.10. The summed E-state index contributed by atoms with van der Waals surface area (Å²) >= 11 is 0. The summed E-state index contributed by atoms with van der Waals surface area (Å²) in [5, 5.41) is 8.26. The van der Waals surface area contributed by atoms with Gasteiger partial charge in [-0.15, -0.1) is 0 Å². The van der Waals surface area contributed by atoms with Crippen molar-refractivity contribution in [2.45, 2.75) is 25.7 Å². The normalized spacial score (nSPS) is 22.7. The Balaban J connectivity index is 2.67. The molecule has 0 aromatic heterocycles. The Morgan fingerprint density at radius 1 is 1.40 bits per heavy atom. The van der Waals surface area contributed by atoms with E-state index in [-0.39, 0.29) is 5.78 Å². The van der Waals surface area contributed by atoms with Crippen LogP contribution in [0.3, 0.4) is 0 Å². The molecular formula is C8H9NO. The number of rotatable bonds is 0. The third-order valence-corrected chi connectivity index (χ3v) is 1.70. The number of Topliss-reactive ketones (excluding diaryl/α,β-unsaturated/α-hetero) is 1. The lowest BCUT2D eigenvalue weighted by atomic mass is 9.94. The van der Waals surface area contributed by atoms with Crippen molar-refractivity contribution in [1.82, 2.24) is 0 Å². The number of nitriles is 1. The minimum atomic E-state index is 0.160. The molecule has 10 heavy (non-hydrogen) atoms. The van der Waals surface area contributed by atoms with Crippen molar-refractivity contribution < 1.29 is 4.79 Å². The molecule has 0 saturated heterocycles. The van der Waals surface area contributed by atoms with Crippen molar-refractivity contribution >= 4 is 5.78 Å². The molecule has 0 aromatic rings. The van der Waals surface area contributed by atoms with Gasteiger partial charge in [-0.05, 0) is 19.3 Å². The molecule has 2 nitrogen and oxygen atoms in total. The summed E-state index contributed by atoms with van der Waals surface area (Å²) in [6, 6.07) is 1.88. The molecule has 0 bridgehead atoms. The van der Waals surface area contributed by atoms with Crippen molar-refractivity contribution in [3.8, 4) is 6.07 Å². The summed E-state index contributed by atoms with van der Waals surface area (Å²) in [6.07, 6.45) is 4.85. The van der Waals surface area contributed by atoms with Gasteiger partial charge in [0.1, 0.15) is 0 Å². The van der Waals surface area contributed by atoms with E-state index in [9.17, 15) is 4.79 Å². The van der Waals surface area contributed by atoms with Gasteiger partial charge in [-0.25, -0.2) is 0 Å². The topological polar surface area (TPSA) is 40.9 Å². The predicted octanol–water partition coefficient (Wildman–Crippen LogP) is 1.58. The largest absolute Gasteiger partial charge is 0.295 e. The lowest BCUT2D eigenvalue weighted by Gasteiger charge is -2.09. The first-order chi connectivity index (χ1) is 4.84. The highest BCUT2D eigenvalue weighted by Crippen LogP contribution is 2.18. The van der Waals surface area contributed by atoms with E-state index in [0.717, 1.165) is 19.3 Å². The Labute approximate surface area is 60.2 Å². The fourth-order valence-corrected chi connectivity index (χ4v) is 1.13. The Morgan fingerprint density at radius 3 is 2.70 bits per heavy atom. The lowest BCUT2D eigenvalue weighted by Crippen LogP contribution is -2.07. The Bertz CT molecular complexity index is 210. The van der Waals surface area contributed by atoms with Crippen LogP contribution in [0, 0.1) is 11.3 Å². The van der Waals surface area contributed by atoms with Crippen molar-refractivity contribution in [3.63, 3.8) is 0 Å². The minimum absolute atomic E-state index is 0.160. The van der Waals surface area contributed by atoms with E-state index in [4.69, 9.17) is 5.26 Å². The van der Waals surface area contributed by atoms with Crippen LogP contribution in [-0.4, -0.2) is 5.78 Å². The maximum Gasteiger partial charge on any atom is 0.159 e. The Morgan fingerprint density at radius 2 is 2.10 bits per heavy atom. The fraction of sp³-hybridized carbons (Fsp3) is 0.500. The summed E-state index contributed by atoms with van der Waals surface area (Å²) in [4.78, 5) is 11.0. The number of carbonyl (C=O) groups excluding carboxylic acids is 1. The lowest BCUT2D eigenvalue weighted by molar-refractivity contribution is -0.116. The second-order valence-electron chi connectivity index (χ2n) is 2.43. The average molecular weight is 135 g/mol. The first-order valence-corrected chi connectivity index (χ1v) is 3.46. The van der Waals surface area contributed by atoms with Gasteiger partial charge in [-0.1, -0.05) is 0 Å². The molecular weight excluding hydrogens is 126 g/mol. The van der Waals surface area contributed by atoms with Crippen LogP contribution in [0.5, 0.6) is 0 Å². The standard InChI is InChI=1S/C8H9NO/c9-6-5-7-3-1-2-4-8(7)10/h5H,1-4H2/b7-5+. The first-order valence-electron chi connectivity index (χ1n) is 3.46. The molecule has 0 amide bonds. The molecule has 1 rings (SSSR count). The highest BCUT2D eigenvalue weighted by atomic mass is 16.1. The van der Waals surface area contributed by atoms with E-state index in [1.165, 1.54) is 6.08 Å². The van der Waals surface area contributed by atoms with Gasteiger partial charge >= 0.3 is 0 Å². The van der Waals surface area contributed by atoms with Crippen LogP contribution in [0.1, 0.15) is 25.7 Å². The molecule has 0 radical (unpaired) electrons. The molecule has 0 aliphatic heterocycles. The van der Waals surface area contributed by atoms with Crippen molar-refractivity contribution in [1.29, 1.82) is 5.26 Å². The van der Waals surface area contributed by atoms with Crippen molar-refractivity contribution in [2.24, 2.45) is 0 Å². The number of carbonyl (C=O) groups is 1. The molecule has 2 heteroatoms. The van der Waals surface area contributed by atoms with Gasteiger partial charge in [0.05, 0.1) is 6.07 Å². The maximum absolute atomic E-state index is 11.0. The molecule has 0 aromatic carbocycles. The van der Waals surface area contributed by atoms with E-state index in [1.54, 1.807) is 0 Å². The highest BCUT2D eigenvalue weighted by molar-refractivity contribution is 5.96. The van der Waals surface area contributed by atoms with Crippen LogP contribution in [0.2, 0.25) is 0 Å². The quantitative estimate of drug-likeness (QED) is 0.373. The van der Waals surface area contributed by atoms with Crippen LogP contribution in [-0.2, 0) is 4.79 Å². The maximum atomic E-state index is 11.0. The summed E-state index contributed by atoms with van der Waals surface area (Å²) in [5.74, 6) is 0.160. The van der Waals surface area contributed by atoms with Gasteiger partial charge < -0.3 is 0 Å². The first kappa shape index (κ1) is 7.01. The molecule has 0 N–H and O–H groups in total. The monoisotopic (exact) mass is 135 g/mol. The predicted molar refractivity (Wildman–Crippen MR) is 37.2 cm³/mol. The van der Waals surface area contributed by atoms with E-state index >= 15 is 0 Å². The number of ketones is 1. The van der Waals surface area contributed by atoms with E-state index in [2.05, 4.69) is 0 Å². The zero-order valence-corrected chi connectivity index (χ0v) is 5.76. The number of hydrogen-bond acceptors (Lipinski definition) is 2. The molecule has 1 fully saturated rings. The van der Waals surface area contributed by atoms with Gasteiger partial charge in [0.15, 0.2) is 5.78 Å². The molecule has 0 atom stereocenters. The molecule has 1 saturated carbocycles. The van der Waals surface area contributed by atoms with Gasteiger partial charge in [0, 0.05) is 18.1 Å². The smallest absolute Gasteiger partial charge is 0.159 e. The van der Waals surface area contributed by atoms with Crippen LogP contribution in [0.4, 0.5) is 0 Å². The average Bonchev–Trinajstić information content (AvgIpc) is 1.94. The molecule has 0 spiro atoms. The van der Waals surface area contributed by atoms with Gasteiger partial charge in [-0.3, -0.25) is 4.79 Å². The molecule has 52 valence electrons. The third kappa shape index (κ3) is 1.44. The fourth-order valence-electron chi connectivity index (χ4n) is 1.13. The van der Waals surface area contributed by atoms with Crippen LogP contribution < -0.4 is 0 Å². The highest BCUT2D eigenvalue weighted by Gasteiger charge is 2.13. The number of nitrogens with zero attached hydrogens (tertiary/aromatic N) is 1. The minimum Gasteiger partial charge on any atom is -0.295 e. The van der Waals surface area contributed by atoms with Gasteiger partial charge in [0.2, 0.25) is 0 Å². The second-order valence-corrected chi connectivity index (χ2v) is 2.43. The molecule has 1 aliphatic rings. The van der Waals surface area contributed by atoms with Crippen molar-refractivity contribution in [2.75, 3.05) is 0 Å². The van der Waals surface area contributed by atoms with E-state index in [0.29, 0.717) is 12.0 Å². The number of allylic oxidation sites excluding steroid dienone is 2. The summed E-state index contributed by atoms with van der Waals surface area (Å²) in [7, 11) is 0. The van der Waals surface area contributed by atoms with Crippen molar-refractivity contribution in [3.05, 3.63) is 11.6 Å². The van der Waals surface area contributed by atoms with E-state index < -0.39 is 0 Å². The van der Waals surface area contributed by atoms with Crippen LogP contribution >= 0.6 is 0 Å². The number of hydrogen-bond donors (Lipinski definition) is 0. The SMILES string of the molecule is N#C/C=C1\CCCCC1=O. The van der Waals surface area contributed by atoms with E-state index in [1.807, 2.05) is 6.07 Å². The summed E-state index contributed by atoms with van der Waals surface area (Å²) < 4.78 is 0. The zero-order chi connectivity index (χ0) is 7.40. The van der Waals surface area contributed by atoms with Gasteiger partial charge in [-0.2, -0.15) is 5.26 Å². The van der Waals surface area contributed by atoms with Gasteiger partial charge in [0.25, 0.3) is 0 Å². The Kier molecular flexibility index (Phi) is 2.22. The molecule has 0 unspecified atom stereocenters. The third-order valence-electron chi connectivity index (χ3n) is 1.70. The summed E-state index contributed by atoms with van der Waals surface area (Å²) in [5.41, 5.74) is 0.716.